The molecule has 0 spiro atoms. The highest BCUT2D eigenvalue weighted by Crippen LogP contribution is 2.31. The molecule has 1 aromatic rings. The summed E-state index contributed by atoms with van der Waals surface area (Å²) >= 11 is 0. The van der Waals surface area contributed by atoms with Crippen molar-refractivity contribution in [1.29, 1.82) is 0 Å². The number of halogens is 3. The highest BCUT2D eigenvalue weighted by molar-refractivity contribution is 7.85. The smallest absolute Gasteiger partial charge is 0.286 e. The van der Waals surface area contributed by atoms with Crippen LogP contribution in [0.1, 0.15) is 24.0 Å². The molecule has 0 aliphatic carbocycles. The second kappa shape index (κ2) is 4.66. The monoisotopic (exact) mass is 268 g/mol. The van der Waals surface area contributed by atoms with Crippen molar-refractivity contribution < 1.29 is 26.1 Å². The van der Waals surface area contributed by atoms with Gasteiger partial charge in [0.05, 0.1) is 11.3 Å². The molecular formula is C10H11F3O3S. The molecule has 1 N–H and O–H groups in total. The van der Waals surface area contributed by atoms with Gasteiger partial charge in [0.25, 0.3) is 10.1 Å². The minimum absolute atomic E-state index is 0.220. The van der Waals surface area contributed by atoms with Crippen LogP contribution in [0.15, 0.2) is 24.3 Å². The molecule has 1 aromatic carbocycles. The van der Waals surface area contributed by atoms with Crippen molar-refractivity contribution in [1.82, 2.24) is 0 Å². The molecule has 0 aromatic heterocycles. The van der Waals surface area contributed by atoms with Gasteiger partial charge in [-0.2, -0.15) is 21.6 Å². The van der Waals surface area contributed by atoms with Gasteiger partial charge in [-0.1, -0.05) is 25.1 Å². The van der Waals surface area contributed by atoms with Gasteiger partial charge < -0.3 is 0 Å². The van der Waals surface area contributed by atoms with E-state index in [2.05, 4.69) is 0 Å². The second-order valence-electron chi connectivity index (χ2n) is 3.77. The van der Waals surface area contributed by atoms with Crippen LogP contribution >= 0.6 is 0 Å². The Balaban J connectivity index is 3.00. The van der Waals surface area contributed by atoms with Gasteiger partial charge in [0, 0.05) is 0 Å². The summed E-state index contributed by atoms with van der Waals surface area (Å²) in [6.07, 6.45) is -4.46. The lowest BCUT2D eigenvalue weighted by Crippen LogP contribution is -2.12. The third kappa shape index (κ3) is 4.35. The Hall–Kier alpha value is -1.08. The topological polar surface area (TPSA) is 54.4 Å². The average molecular weight is 268 g/mol. The lowest BCUT2D eigenvalue weighted by Gasteiger charge is -2.13. The predicted octanol–water partition coefficient (Wildman–Crippen LogP) is 2.70. The molecule has 7 heteroatoms. The van der Waals surface area contributed by atoms with Gasteiger partial charge in [0.2, 0.25) is 0 Å². The Morgan fingerprint density at radius 1 is 1.35 bits per heavy atom. The van der Waals surface area contributed by atoms with Gasteiger partial charge in [0.15, 0.2) is 0 Å². The molecule has 96 valence electrons. The van der Waals surface area contributed by atoms with E-state index in [0.29, 0.717) is 0 Å². The zero-order valence-electron chi connectivity index (χ0n) is 8.90. The Kier molecular flexibility index (Phi) is 3.83. The Bertz CT molecular complexity index is 494. The number of hydrogen-bond acceptors (Lipinski definition) is 2. The summed E-state index contributed by atoms with van der Waals surface area (Å²) < 4.78 is 67.1. The van der Waals surface area contributed by atoms with E-state index < -0.39 is 33.5 Å². The van der Waals surface area contributed by atoms with Gasteiger partial charge in [-0.15, -0.1) is 0 Å². The summed E-state index contributed by atoms with van der Waals surface area (Å²) in [5.41, 5.74) is -0.616. The average Bonchev–Trinajstić information content (AvgIpc) is 2.14. The maximum Gasteiger partial charge on any atom is 0.416 e. The van der Waals surface area contributed by atoms with Crippen molar-refractivity contribution in [3.8, 4) is 0 Å². The normalized spacial score (nSPS) is 14.6. The summed E-state index contributed by atoms with van der Waals surface area (Å²) in [5, 5.41) is 0. The summed E-state index contributed by atoms with van der Waals surface area (Å²) in [6, 6.07) is 4.39. The first-order valence-electron chi connectivity index (χ1n) is 4.72. The van der Waals surface area contributed by atoms with E-state index in [1.165, 1.54) is 19.1 Å². The van der Waals surface area contributed by atoms with E-state index >= 15 is 0 Å². The lowest BCUT2D eigenvalue weighted by atomic mass is 10.0. The van der Waals surface area contributed by atoms with Gasteiger partial charge in [-0.25, -0.2) is 0 Å². The first kappa shape index (κ1) is 14.0. The standard InChI is InChI=1S/C10H11F3O3S/c1-7(6-17(14,15)16)8-3-2-4-9(5-8)10(11,12)13/h2-5,7H,6H2,1H3,(H,14,15,16). The molecule has 0 saturated carbocycles. The molecule has 0 heterocycles. The third-order valence-electron chi connectivity index (χ3n) is 2.24. The van der Waals surface area contributed by atoms with Gasteiger partial charge in [-0.3, -0.25) is 4.55 Å². The van der Waals surface area contributed by atoms with E-state index in [-0.39, 0.29) is 5.56 Å². The van der Waals surface area contributed by atoms with Crippen LogP contribution in [0, 0.1) is 0 Å². The van der Waals surface area contributed by atoms with E-state index in [0.717, 1.165) is 12.1 Å². The summed E-state index contributed by atoms with van der Waals surface area (Å²) in [4.78, 5) is 0. The molecule has 0 fully saturated rings. The first-order chi connectivity index (χ1) is 7.59. The molecule has 0 saturated heterocycles. The molecule has 1 atom stereocenters. The van der Waals surface area contributed by atoms with Crippen LogP contribution in [0.2, 0.25) is 0 Å². The number of rotatable bonds is 3. The quantitative estimate of drug-likeness (QED) is 0.857. The molecule has 1 unspecified atom stereocenters. The van der Waals surface area contributed by atoms with Crippen LogP contribution in [0.5, 0.6) is 0 Å². The van der Waals surface area contributed by atoms with Crippen molar-refractivity contribution in [3.63, 3.8) is 0 Å². The van der Waals surface area contributed by atoms with Crippen molar-refractivity contribution in [3.05, 3.63) is 35.4 Å². The lowest BCUT2D eigenvalue weighted by molar-refractivity contribution is -0.137. The fourth-order valence-electron chi connectivity index (χ4n) is 1.43. The van der Waals surface area contributed by atoms with Crippen molar-refractivity contribution in [2.24, 2.45) is 0 Å². The molecule has 0 amide bonds. The maximum absolute atomic E-state index is 12.4. The molecule has 3 nitrogen and oxygen atoms in total. The van der Waals surface area contributed by atoms with Gasteiger partial charge in [-0.05, 0) is 17.5 Å². The molecule has 17 heavy (non-hydrogen) atoms. The van der Waals surface area contributed by atoms with Crippen molar-refractivity contribution >= 4 is 10.1 Å². The second-order valence-corrected chi connectivity index (χ2v) is 5.27. The van der Waals surface area contributed by atoms with E-state index in [1.54, 1.807) is 0 Å². The van der Waals surface area contributed by atoms with Crippen LogP contribution in [0.25, 0.3) is 0 Å². The summed E-state index contributed by atoms with van der Waals surface area (Å²) in [6.45, 7) is 1.43. The van der Waals surface area contributed by atoms with E-state index in [4.69, 9.17) is 4.55 Å². The Morgan fingerprint density at radius 2 is 1.94 bits per heavy atom. The van der Waals surface area contributed by atoms with E-state index in [9.17, 15) is 21.6 Å². The third-order valence-corrected chi connectivity index (χ3v) is 3.16. The maximum atomic E-state index is 12.4. The fraction of sp³-hybridized carbons (Fsp3) is 0.400. The van der Waals surface area contributed by atoms with Crippen LogP contribution < -0.4 is 0 Å². The van der Waals surface area contributed by atoms with Crippen molar-refractivity contribution in [2.45, 2.75) is 19.0 Å². The van der Waals surface area contributed by atoms with E-state index in [1.807, 2.05) is 0 Å². The molecular weight excluding hydrogens is 257 g/mol. The SMILES string of the molecule is CC(CS(=O)(=O)O)c1cccc(C(F)(F)F)c1. The first-order valence-corrected chi connectivity index (χ1v) is 6.33. The molecule has 0 bridgehead atoms. The summed E-state index contributed by atoms with van der Waals surface area (Å²) in [5.74, 6) is -1.30. The summed E-state index contributed by atoms with van der Waals surface area (Å²) in [7, 11) is -4.20. The number of benzene rings is 1. The highest BCUT2D eigenvalue weighted by atomic mass is 32.2. The van der Waals surface area contributed by atoms with Gasteiger partial charge >= 0.3 is 6.18 Å². The van der Waals surface area contributed by atoms with Crippen LogP contribution in [0.3, 0.4) is 0 Å². The predicted molar refractivity (Wildman–Crippen MR) is 56.3 cm³/mol. The molecule has 0 aliphatic rings. The minimum atomic E-state index is -4.46. The van der Waals surface area contributed by atoms with Crippen molar-refractivity contribution in [2.75, 3.05) is 5.75 Å². The number of hydrogen-bond donors (Lipinski definition) is 1. The van der Waals surface area contributed by atoms with Crippen LogP contribution in [-0.4, -0.2) is 18.7 Å². The highest BCUT2D eigenvalue weighted by Gasteiger charge is 2.30. The largest absolute Gasteiger partial charge is 0.416 e. The zero-order chi connectivity index (χ0) is 13.3. The minimum Gasteiger partial charge on any atom is -0.286 e. The van der Waals surface area contributed by atoms with Crippen LogP contribution in [0.4, 0.5) is 13.2 Å². The Morgan fingerprint density at radius 3 is 2.41 bits per heavy atom. The number of alkyl halides is 3. The molecule has 0 aliphatic heterocycles. The van der Waals surface area contributed by atoms with Gasteiger partial charge in [0.1, 0.15) is 0 Å². The molecule has 1 rings (SSSR count). The zero-order valence-corrected chi connectivity index (χ0v) is 9.72. The molecule has 0 radical (unpaired) electrons. The van der Waals surface area contributed by atoms with Crippen LogP contribution in [-0.2, 0) is 16.3 Å². The fourth-order valence-corrected chi connectivity index (χ4v) is 2.26. The Labute approximate surface area is 97.0 Å².